The molecule has 0 bridgehead atoms. The smallest absolute Gasteiger partial charge is 0.338 e. The van der Waals surface area contributed by atoms with E-state index in [1.54, 1.807) is 4.90 Å². The second-order valence-electron chi connectivity index (χ2n) is 6.80. The number of hydrogen-bond donors (Lipinski definition) is 0. The predicted molar refractivity (Wildman–Crippen MR) is 92.3 cm³/mol. The van der Waals surface area contributed by atoms with E-state index in [4.69, 9.17) is 0 Å². The molecule has 146 valence electrons. The van der Waals surface area contributed by atoms with Crippen LogP contribution in [0.1, 0.15) is 40.5 Å². The monoisotopic (exact) mass is 392 g/mol. The maximum absolute atomic E-state index is 13.4. The number of carbonyl (C=O) groups excluding carboxylic acids is 1. The van der Waals surface area contributed by atoms with Gasteiger partial charge in [-0.15, -0.1) is 10.2 Å². The SMILES string of the molecule is O=C(c1cccc(F)c1)N1CCCC(c2nnc3ccc(C(F)(F)F)cn23)C1. The molecule has 1 saturated heterocycles. The highest BCUT2D eigenvalue weighted by Crippen LogP contribution is 2.31. The van der Waals surface area contributed by atoms with Gasteiger partial charge in [0.25, 0.3) is 5.91 Å². The molecule has 1 atom stereocenters. The molecule has 0 radical (unpaired) electrons. The number of rotatable bonds is 2. The number of halogens is 4. The summed E-state index contributed by atoms with van der Waals surface area (Å²) in [5.74, 6) is -0.681. The van der Waals surface area contributed by atoms with Crippen molar-refractivity contribution in [3.63, 3.8) is 0 Å². The van der Waals surface area contributed by atoms with E-state index in [9.17, 15) is 22.4 Å². The highest BCUT2D eigenvalue weighted by atomic mass is 19.4. The van der Waals surface area contributed by atoms with Gasteiger partial charge in [-0.25, -0.2) is 4.39 Å². The molecule has 1 amide bonds. The largest absolute Gasteiger partial charge is 0.417 e. The summed E-state index contributed by atoms with van der Waals surface area (Å²) in [6.45, 7) is 0.781. The van der Waals surface area contributed by atoms with Crippen molar-refractivity contribution in [3.8, 4) is 0 Å². The van der Waals surface area contributed by atoms with Gasteiger partial charge in [0, 0.05) is 30.8 Å². The normalized spacial score (nSPS) is 17.9. The molecule has 0 N–H and O–H groups in total. The Morgan fingerprint density at radius 1 is 1.14 bits per heavy atom. The number of alkyl halides is 3. The molecular formula is C19H16F4N4O. The summed E-state index contributed by atoms with van der Waals surface area (Å²) in [4.78, 5) is 14.3. The lowest BCUT2D eigenvalue weighted by Gasteiger charge is -2.32. The van der Waals surface area contributed by atoms with E-state index in [0.717, 1.165) is 12.3 Å². The van der Waals surface area contributed by atoms with Crippen LogP contribution in [-0.2, 0) is 6.18 Å². The summed E-state index contributed by atoms with van der Waals surface area (Å²) in [5.41, 5.74) is -0.229. The number of carbonyl (C=O) groups is 1. The van der Waals surface area contributed by atoms with Gasteiger partial charge in [0.1, 0.15) is 11.6 Å². The standard InChI is InChI=1S/C19H16F4N4O/c20-15-5-1-3-12(9-15)18(28)26-8-2-4-13(10-26)17-25-24-16-7-6-14(11-27(16)17)19(21,22)23/h1,3,5-7,9,11,13H,2,4,8,10H2. The Bertz CT molecular complexity index is 1030. The molecule has 9 heteroatoms. The van der Waals surface area contributed by atoms with Gasteiger partial charge in [-0.2, -0.15) is 13.2 Å². The Morgan fingerprint density at radius 2 is 1.96 bits per heavy atom. The maximum atomic E-state index is 13.4. The first kappa shape index (κ1) is 18.4. The summed E-state index contributed by atoms with van der Waals surface area (Å²) in [6, 6.07) is 7.68. The molecule has 5 nitrogen and oxygen atoms in total. The first-order chi connectivity index (χ1) is 13.3. The van der Waals surface area contributed by atoms with Crippen molar-refractivity contribution in [3.05, 3.63) is 65.4 Å². The lowest BCUT2D eigenvalue weighted by molar-refractivity contribution is -0.137. The van der Waals surface area contributed by atoms with Crippen LogP contribution in [0.2, 0.25) is 0 Å². The van der Waals surface area contributed by atoms with Crippen LogP contribution in [0.5, 0.6) is 0 Å². The summed E-state index contributed by atoms with van der Waals surface area (Å²) in [5, 5.41) is 8.02. The van der Waals surface area contributed by atoms with Gasteiger partial charge < -0.3 is 4.90 Å². The average Bonchev–Trinajstić information content (AvgIpc) is 3.10. The minimum absolute atomic E-state index is 0.242. The minimum Gasteiger partial charge on any atom is -0.338 e. The Morgan fingerprint density at radius 3 is 2.71 bits per heavy atom. The Labute approximate surface area is 157 Å². The number of nitrogens with zero attached hydrogens (tertiary/aromatic N) is 4. The van der Waals surface area contributed by atoms with E-state index in [1.807, 2.05) is 0 Å². The average molecular weight is 392 g/mol. The number of aromatic nitrogens is 3. The van der Waals surface area contributed by atoms with Gasteiger partial charge in [-0.3, -0.25) is 9.20 Å². The molecule has 0 spiro atoms. The van der Waals surface area contributed by atoms with E-state index in [0.29, 0.717) is 30.9 Å². The van der Waals surface area contributed by atoms with Crippen LogP contribution in [0.25, 0.3) is 5.65 Å². The second kappa shape index (κ2) is 6.88. The highest BCUT2D eigenvalue weighted by Gasteiger charge is 2.33. The predicted octanol–water partition coefficient (Wildman–Crippen LogP) is 3.91. The molecule has 4 rings (SSSR count). The van der Waals surface area contributed by atoms with E-state index in [1.165, 1.54) is 34.7 Å². The highest BCUT2D eigenvalue weighted by molar-refractivity contribution is 5.94. The fourth-order valence-electron chi connectivity index (χ4n) is 3.53. The van der Waals surface area contributed by atoms with Crippen LogP contribution in [0.15, 0.2) is 42.6 Å². The molecular weight excluding hydrogens is 376 g/mol. The third-order valence-corrected chi connectivity index (χ3v) is 4.90. The number of amides is 1. The molecule has 1 aliphatic rings. The van der Waals surface area contributed by atoms with Crippen molar-refractivity contribution in [2.24, 2.45) is 0 Å². The Kier molecular flexibility index (Phi) is 4.52. The van der Waals surface area contributed by atoms with Crippen LogP contribution in [0.3, 0.4) is 0 Å². The number of likely N-dealkylation sites (tertiary alicyclic amines) is 1. The lowest BCUT2D eigenvalue weighted by atomic mass is 9.96. The van der Waals surface area contributed by atoms with Crippen LogP contribution >= 0.6 is 0 Å². The fraction of sp³-hybridized carbons (Fsp3) is 0.316. The van der Waals surface area contributed by atoms with Gasteiger partial charge in [-0.05, 0) is 43.2 Å². The number of pyridine rings is 1. The fourth-order valence-corrected chi connectivity index (χ4v) is 3.53. The van der Waals surface area contributed by atoms with E-state index < -0.39 is 17.6 Å². The van der Waals surface area contributed by atoms with Gasteiger partial charge in [0.15, 0.2) is 5.65 Å². The van der Waals surface area contributed by atoms with Crippen molar-refractivity contribution in [1.82, 2.24) is 19.5 Å². The molecule has 1 unspecified atom stereocenters. The van der Waals surface area contributed by atoms with Crippen molar-refractivity contribution in [1.29, 1.82) is 0 Å². The molecule has 1 fully saturated rings. The number of piperidine rings is 1. The molecule has 1 aliphatic heterocycles. The summed E-state index contributed by atoms with van der Waals surface area (Å²) in [7, 11) is 0. The van der Waals surface area contributed by atoms with E-state index in [-0.39, 0.29) is 23.9 Å². The van der Waals surface area contributed by atoms with Crippen molar-refractivity contribution < 1.29 is 22.4 Å². The number of benzene rings is 1. The van der Waals surface area contributed by atoms with Crippen molar-refractivity contribution in [2.45, 2.75) is 24.9 Å². The van der Waals surface area contributed by atoms with Crippen molar-refractivity contribution >= 4 is 11.6 Å². The summed E-state index contributed by atoms with van der Waals surface area (Å²) >= 11 is 0. The van der Waals surface area contributed by atoms with Crippen molar-refractivity contribution in [2.75, 3.05) is 13.1 Å². The second-order valence-corrected chi connectivity index (χ2v) is 6.80. The maximum Gasteiger partial charge on any atom is 0.417 e. The quantitative estimate of drug-likeness (QED) is 0.622. The van der Waals surface area contributed by atoms with Gasteiger partial charge in [0.05, 0.1) is 5.56 Å². The minimum atomic E-state index is -4.47. The van der Waals surface area contributed by atoms with Crippen LogP contribution in [0.4, 0.5) is 17.6 Å². The Hall–Kier alpha value is -2.97. The van der Waals surface area contributed by atoms with Crippen LogP contribution in [-0.4, -0.2) is 38.5 Å². The van der Waals surface area contributed by atoms with E-state index in [2.05, 4.69) is 10.2 Å². The topological polar surface area (TPSA) is 50.5 Å². The molecule has 0 saturated carbocycles. The molecule has 3 aromatic rings. The van der Waals surface area contributed by atoms with Gasteiger partial charge >= 0.3 is 6.18 Å². The third-order valence-electron chi connectivity index (χ3n) is 4.90. The molecule has 28 heavy (non-hydrogen) atoms. The zero-order valence-corrected chi connectivity index (χ0v) is 14.7. The van der Waals surface area contributed by atoms with Gasteiger partial charge in [-0.1, -0.05) is 6.07 Å². The molecule has 0 aliphatic carbocycles. The van der Waals surface area contributed by atoms with Gasteiger partial charge in [0.2, 0.25) is 0 Å². The number of hydrogen-bond acceptors (Lipinski definition) is 3. The first-order valence-corrected chi connectivity index (χ1v) is 8.79. The van der Waals surface area contributed by atoms with E-state index >= 15 is 0 Å². The van der Waals surface area contributed by atoms with Crippen LogP contribution < -0.4 is 0 Å². The van der Waals surface area contributed by atoms with Crippen LogP contribution in [0, 0.1) is 5.82 Å². The zero-order chi connectivity index (χ0) is 19.9. The molecule has 3 heterocycles. The molecule has 2 aromatic heterocycles. The summed E-state index contributed by atoms with van der Waals surface area (Å²) in [6.07, 6.45) is -2.15. The number of fused-ring (bicyclic) bond motifs is 1. The zero-order valence-electron chi connectivity index (χ0n) is 14.7. The third kappa shape index (κ3) is 3.44. The summed E-state index contributed by atoms with van der Waals surface area (Å²) < 4.78 is 53.9. The lowest BCUT2D eigenvalue weighted by Crippen LogP contribution is -2.39. The Balaban J connectivity index is 1.62. The molecule has 1 aromatic carbocycles. The first-order valence-electron chi connectivity index (χ1n) is 8.79.